The Morgan fingerprint density at radius 2 is 2.20 bits per heavy atom. The van der Waals surface area contributed by atoms with E-state index in [1.807, 2.05) is 0 Å². The Labute approximate surface area is 63.0 Å². The van der Waals surface area contributed by atoms with Gasteiger partial charge >= 0.3 is 0 Å². The Morgan fingerprint density at radius 1 is 1.50 bits per heavy atom. The summed E-state index contributed by atoms with van der Waals surface area (Å²) in [7, 11) is 0. The molecule has 0 radical (unpaired) electrons. The summed E-state index contributed by atoms with van der Waals surface area (Å²) in [4.78, 5) is 0. The fraction of sp³-hybridized carbons (Fsp3) is 1.00. The number of hydrogen-bond acceptors (Lipinski definition) is 2. The molecule has 2 nitrogen and oxygen atoms in total. The number of rotatable bonds is 1. The Balaban J connectivity index is 2.40. The van der Waals surface area contributed by atoms with Gasteiger partial charge in [-0.3, -0.25) is 0 Å². The van der Waals surface area contributed by atoms with Gasteiger partial charge in [-0.05, 0) is 12.8 Å². The summed E-state index contributed by atoms with van der Waals surface area (Å²) < 4.78 is 5.49. The van der Waals surface area contributed by atoms with Gasteiger partial charge in [-0.1, -0.05) is 13.8 Å². The Bertz CT molecular complexity index is 103. The highest BCUT2D eigenvalue weighted by Gasteiger charge is 2.23. The van der Waals surface area contributed by atoms with E-state index in [2.05, 4.69) is 26.1 Å². The minimum Gasteiger partial charge on any atom is -0.376 e. The van der Waals surface area contributed by atoms with Crippen LogP contribution in [0.15, 0.2) is 0 Å². The van der Waals surface area contributed by atoms with Gasteiger partial charge in [-0.15, -0.1) is 0 Å². The Morgan fingerprint density at radius 3 is 2.60 bits per heavy atom. The average Bonchev–Trinajstić information content (AvgIpc) is 1.88. The van der Waals surface area contributed by atoms with Gasteiger partial charge in [0, 0.05) is 12.6 Å². The monoisotopic (exact) mass is 143 g/mol. The lowest BCUT2D eigenvalue weighted by Gasteiger charge is -2.33. The lowest BCUT2D eigenvalue weighted by Crippen LogP contribution is -2.49. The summed E-state index contributed by atoms with van der Waals surface area (Å²) in [6.45, 7) is 8.46. The van der Waals surface area contributed by atoms with Crippen molar-refractivity contribution in [1.82, 2.24) is 5.32 Å². The van der Waals surface area contributed by atoms with Crippen LogP contribution in [0.4, 0.5) is 0 Å². The van der Waals surface area contributed by atoms with E-state index in [-0.39, 0.29) is 0 Å². The summed E-state index contributed by atoms with van der Waals surface area (Å²) in [5.41, 5.74) is 0. The molecule has 1 saturated heterocycles. The van der Waals surface area contributed by atoms with Crippen molar-refractivity contribution in [2.24, 2.45) is 5.92 Å². The van der Waals surface area contributed by atoms with E-state index >= 15 is 0 Å². The number of hydrogen-bond donors (Lipinski definition) is 1. The molecule has 0 aromatic heterocycles. The van der Waals surface area contributed by atoms with E-state index in [1.165, 1.54) is 0 Å². The van der Waals surface area contributed by atoms with Crippen LogP contribution in [-0.4, -0.2) is 25.3 Å². The lowest BCUT2D eigenvalue weighted by molar-refractivity contribution is -0.00479. The summed E-state index contributed by atoms with van der Waals surface area (Å²) in [6, 6.07) is 0.550. The van der Waals surface area contributed by atoms with Gasteiger partial charge in [0.1, 0.15) is 0 Å². The number of morpholine rings is 1. The second-order valence-electron chi connectivity index (χ2n) is 3.30. The van der Waals surface area contributed by atoms with Crippen molar-refractivity contribution in [3.05, 3.63) is 0 Å². The van der Waals surface area contributed by atoms with Crippen molar-refractivity contribution in [1.29, 1.82) is 0 Å². The zero-order valence-electron chi connectivity index (χ0n) is 7.05. The maximum Gasteiger partial charge on any atom is 0.0703 e. The zero-order chi connectivity index (χ0) is 7.56. The standard InChI is InChI=1S/C8H17NO/c1-6(2)8-7(3)10-5-4-9-8/h6-9H,4-5H2,1-3H3. The minimum atomic E-state index is 0.383. The van der Waals surface area contributed by atoms with E-state index < -0.39 is 0 Å². The Kier molecular flexibility index (Phi) is 2.69. The molecule has 60 valence electrons. The molecular formula is C8H17NO. The van der Waals surface area contributed by atoms with Crippen LogP contribution in [0.1, 0.15) is 20.8 Å². The highest BCUT2D eigenvalue weighted by molar-refractivity contribution is 4.79. The van der Waals surface area contributed by atoms with Crippen LogP contribution in [0, 0.1) is 5.92 Å². The van der Waals surface area contributed by atoms with E-state index in [0.717, 1.165) is 13.2 Å². The van der Waals surface area contributed by atoms with Crippen molar-refractivity contribution in [3.63, 3.8) is 0 Å². The predicted octanol–water partition coefficient (Wildman–Crippen LogP) is 1.02. The minimum absolute atomic E-state index is 0.383. The second-order valence-corrected chi connectivity index (χ2v) is 3.30. The molecule has 0 amide bonds. The van der Waals surface area contributed by atoms with Crippen LogP contribution in [0.2, 0.25) is 0 Å². The molecule has 1 fully saturated rings. The largest absolute Gasteiger partial charge is 0.376 e. The maximum atomic E-state index is 5.49. The highest BCUT2D eigenvalue weighted by Crippen LogP contribution is 2.11. The van der Waals surface area contributed by atoms with Crippen molar-refractivity contribution >= 4 is 0 Å². The van der Waals surface area contributed by atoms with E-state index in [9.17, 15) is 0 Å². The molecule has 1 heterocycles. The molecule has 1 aliphatic heterocycles. The van der Waals surface area contributed by atoms with Crippen LogP contribution in [0.25, 0.3) is 0 Å². The number of ether oxygens (including phenoxy) is 1. The second kappa shape index (κ2) is 3.35. The summed E-state index contributed by atoms with van der Waals surface area (Å²) in [5, 5.41) is 3.44. The third kappa shape index (κ3) is 1.70. The topological polar surface area (TPSA) is 21.3 Å². The van der Waals surface area contributed by atoms with Gasteiger partial charge in [-0.2, -0.15) is 0 Å². The first-order valence-electron chi connectivity index (χ1n) is 4.07. The van der Waals surface area contributed by atoms with Crippen LogP contribution in [0.5, 0.6) is 0 Å². The molecule has 0 aromatic rings. The molecule has 1 N–H and O–H groups in total. The molecule has 2 atom stereocenters. The van der Waals surface area contributed by atoms with E-state index in [0.29, 0.717) is 18.1 Å². The summed E-state index contributed by atoms with van der Waals surface area (Å²) >= 11 is 0. The lowest BCUT2D eigenvalue weighted by atomic mass is 9.98. The fourth-order valence-electron chi connectivity index (χ4n) is 1.52. The summed E-state index contributed by atoms with van der Waals surface area (Å²) in [6.07, 6.45) is 0.383. The molecular weight excluding hydrogens is 126 g/mol. The normalized spacial score (nSPS) is 34.8. The van der Waals surface area contributed by atoms with Crippen molar-refractivity contribution in [3.8, 4) is 0 Å². The molecule has 1 rings (SSSR count). The van der Waals surface area contributed by atoms with Crippen LogP contribution in [-0.2, 0) is 4.74 Å². The smallest absolute Gasteiger partial charge is 0.0703 e. The van der Waals surface area contributed by atoms with E-state index in [1.54, 1.807) is 0 Å². The van der Waals surface area contributed by atoms with Gasteiger partial charge in [0.2, 0.25) is 0 Å². The van der Waals surface area contributed by atoms with Crippen LogP contribution >= 0.6 is 0 Å². The Hall–Kier alpha value is -0.0800. The molecule has 10 heavy (non-hydrogen) atoms. The quantitative estimate of drug-likeness (QED) is 0.591. The first-order valence-corrected chi connectivity index (χ1v) is 4.07. The first-order chi connectivity index (χ1) is 4.72. The van der Waals surface area contributed by atoms with Gasteiger partial charge in [0.15, 0.2) is 0 Å². The van der Waals surface area contributed by atoms with Gasteiger partial charge < -0.3 is 10.1 Å². The van der Waals surface area contributed by atoms with Gasteiger partial charge in [-0.25, -0.2) is 0 Å². The zero-order valence-corrected chi connectivity index (χ0v) is 7.05. The fourth-order valence-corrected chi connectivity index (χ4v) is 1.52. The maximum absolute atomic E-state index is 5.49. The third-order valence-corrected chi connectivity index (χ3v) is 2.09. The predicted molar refractivity (Wildman–Crippen MR) is 42.0 cm³/mol. The molecule has 0 aromatic carbocycles. The average molecular weight is 143 g/mol. The molecule has 2 heteroatoms. The van der Waals surface area contributed by atoms with Crippen molar-refractivity contribution in [2.75, 3.05) is 13.2 Å². The van der Waals surface area contributed by atoms with Crippen molar-refractivity contribution < 1.29 is 4.74 Å². The molecule has 2 unspecified atom stereocenters. The van der Waals surface area contributed by atoms with Gasteiger partial charge in [0.25, 0.3) is 0 Å². The van der Waals surface area contributed by atoms with Crippen molar-refractivity contribution in [2.45, 2.75) is 32.9 Å². The molecule has 0 saturated carbocycles. The summed E-state index contributed by atoms with van der Waals surface area (Å²) in [5.74, 6) is 0.676. The van der Waals surface area contributed by atoms with E-state index in [4.69, 9.17) is 4.74 Å². The molecule has 0 aliphatic carbocycles. The molecule has 0 bridgehead atoms. The molecule has 1 aliphatic rings. The van der Waals surface area contributed by atoms with Gasteiger partial charge in [0.05, 0.1) is 12.7 Å². The molecule has 0 spiro atoms. The SMILES string of the molecule is CC(C)C1NCCOC1C. The first kappa shape index (κ1) is 8.02. The highest BCUT2D eigenvalue weighted by atomic mass is 16.5. The van der Waals surface area contributed by atoms with Crippen LogP contribution in [0.3, 0.4) is 0 Å². The van der Waals surface area contributed by atoms with Crippen LogP contribution < -0.4 is 5.32 Å². The number of nitrogens with one attached hydrogen (secondary N) is 1. The third-order valence-electron chi connectivity index (χ3n) is 2.09.